The van der Waals surface area contributed by atoms with Gasteiger partial charge in [-0.15, -0.1) is 0 Å². The predicted octanol–water partition coefficient (Wildman–Crippen LogP) is 2.59. The van der Waals surface area contributed by atoms with Gasteiger partial charge in [0.25, 0.3) is 0 Å². The standard InChI is InChI=1S/C7H15BrO/c1-3-4-5-9-6-7(2)8/h7H,3-6H2,1-2H3/t7-/m1/s1. The molecule has 0 spiro atoms. The van der Waals surface area contributed by atoms with Crippen LogP contribution in [0.15, 0.2) is 0 Å². The van der Waals surface area contributed by atoms with Crippen LogP contribution >= 0.6 is 15.9 Å². The van der Waals surface area contributed by atoms with Gasteiger partial charge >= 0.3 is 0 Å². The average Bonchev–Trinajstić information content (AvgIpc) is 1.80. The Morgan fingerprint density at radius 1 is 1.56 bits per heavy atom. The topological polar surface area (TPSA) is 9.23 Å². The van der Waals surface area contributed by atoms with E-state index in [2.05, 4.69) is 29.8 Å². The zero-order valence-electron chi connectivity index (χ0n) is 6.19. The first-order chi connectivity index (χ1) is 4.27. The summed E-state index contributed by atoms with van der Waals surface area (Å²) in [5.74, 6) is 0. The summed E-state index contributed by atoms with van der Waals surface area (Å²) in [6, 6.07) is 0. The van der Waals surface area contributed by atoms with E-state index in [1.54, 1.807) is 0 Å². The fourth-order valence-electron chi connectivity index (χ4n) is 0.492. The van der Waals surface area contributed by atoms with Crippen LogP contribution in [0, 0.1) is 0 Å². The first kappa shape index (κ1) is 9.44. The van der Waals surface area contributed by atoms with Crippen LogP contribution in [0.3, 0.4) is 0 Å². The van der Waals surface area contributed by atoms with Crippen molar-refractivity contribution in [1.82, 2.24) is 0 Å². The lowest BCUT2D eigenvalue weighted by Crippen LogP contribution is -2.04. The van der Waals surface area contributed by atoms with E-state index in [4.69, 9.17) is 4.74 Å². The van der Waals surface area contributed by atoms with Gasteiger partial charge < -0.3 is 4.74 Å². The van der Waals surface area contributed by atoms with Crippen LogP contribution in [0.4, 0.5) is 0 Å². The van der Waals surface area contributed by atoms with Gasteiger partial charge in [-0.05, 0) is 6.42 Å². The Morgan fingerprint density at radius 2 is 2.22 bits per heavy atom. The monoisotopic (exact) mass is 194 g/mol. The van der Waals surface area contributed by atoms with E-state index in [0.717, 1.165) is 13.2 Å². The maximum absolute atomic E-state index is 5.29. The highest BCUT2D eigenvalue weighted by Gasteiger charge is 1.92. The number of ether oxygens (including phenoxy) is 1. The molecule has 0 amide bonds. The van der Waals surface area contributed by atoms with E-state index in [1.165, 1.54) is 12.8 Å². The zero-order valence-corrected chi connectivity index (χ0v) is 7.78. The molecule has 2 heteroatoms. The van der Waals surface area contributed by atoms with Crippen molar-refractivity contribution in [3.8, 4) is 0 Å². The summed E-state index contributed by atoms with van der Waals surface area (Å²) in [5.41, 5.74) is 0. The van der Waals surface area contributed by atoms with Crippen LogP contribution in [0.2, 0.25) is 0 Å². The van der Waals surface area contributed by atoms with E-state index < -0.39 is 0 Å². The summed E-state index contributed by atoms with van der Waals surface area (Å²) in [7, 11) is 0. The summed E-state index contributed by atoms with van der Waals surface area (Å²) < 4.78 is 5.29. The molecule has 0 bridgehead atoms. The highest BCUT2D eigenvalue weighted by molar-refractivity contribution is 9.09. The number of hydrogen-bond acceptors (Lipinski definition) is 1. The van der Waals surface area contributed by atoms with Crippen LogP contribution in [0.1, 0.15) is 26.7 Å². The van der Waals surface area contributed by atoms with Gasteiger partial charge in [-0.2, -0.15) is 0 Å². The molecule has 0 aliphatic rings. The molecule has 0 rings (SSSR count). The molecule has 0 N–H and O–H groups in total. The minimum Gasteiger partial charge on any atom is -0.380 e. The van der Waals surface area contributed by atoms with Gasteiger partial charge in [0.05, 0.1) is 6.61 Å². The molecule has 9 heavy (non-hydrogen) atoms. The van der Waals surface area contributed by atoms with E-state index in [9.17, 15) is 0 Å². The average molecular weight is 195 g/mol. The fraction of sp³-hybridized carbons (Fsp3) is 1.00. The van der Waals surface area contributed by atoms with Crippen molar-refractivity contribution in [3.63, 3.8) is 0 Å². The van der Waals surface area contributed by atoms with Gasteiger partial charge in [0.2, 0.25) is 0 Å². The first-order valence-corrected chi connectivity index (χ1v) is 4.40. The van der Waals surface area contributed by atoms with Crippen LogP contribution < -0.4 is 0 Å². The van der Waals surface area contributed by atoms with Crippen molar-refractivity contribution in [2.24, 2.45) is 0 Å². The predicted molar refractivity (Wildman–Crippen MR) is 44.1 cm³/mol. The largest absolute Gasteiger partial charge is 0.380 e. The van der Waals surface area contributed by atoms with Gasteiger partial charge in [0.15, 0.2) is 0 Å². The molecule has 0 saturated carbocycles. The summed E-state index contributed by atoms with van der Waals surface area (Å²) in [5, 5.41) is 0. The van der Waals surface area contributed by atoms with Crippen LogP contribution in [-0.2, 0) is 4.74 Å². The molecule has 56 valence electrons. The smallest absolute Gasteiger partial charge is 0.0588 e. The number of hydrogen-bond donors (Lipinski definition) is 0. The maximum Gasteiger partial charge on any atom is 0.0588 e. The third-order valence-electron chi connectivity index (χ3n) is 0.990. The molecule has 0 aromatic rings. The minimum absolute atomic E-state index is 0.495. The maximum atomic E-state index is 5.29. The Kier molecular flexibility index (Phi) is 6.88. The molecule has 0 aromatic heterocycles. The number of alkyl halides is 1. The second kappa shape index (κ2) is 6.56. The Balaban J connectivity index is 2.75. The van der Waals surface area contributed by atoms with Gasteiger partial charge in [-0.25, -0.2) is 0 Å². The summed E-state index contributed by atoms with van der Waals surface area (Å²) in [4.78, 5) is 0.495. The first-order valence-electron chi connectivity index (χ1n) is 3.49. The Hall–Kier alpha value is 0.440. The van der Waals surface area contributed by atoms with Crippen molar-refractivity contribution >= 4 is 15.9 Å². The molecule has 0 aliphatic heterocycles. The van der Waals surface area contributed by atoms with Gasteiger partial charge in [0, 0.05) is 11.4 Å². The van der Waals surface area contributed by atoms with Crippen molar-refractivity contribution in [3.05, 3.63) is 0 Å². The zero-order chi connectivity index (χ0) is 7.11. The van der Waals surface area contributed by atoms with Crippen molar-refractivity contribution in [2.45, 2.75) is 31.5 Å². The molecular formula is C7H15BrO. The summed E-state index contributed by atoms with van der Waals surface area (Å²) in [6.07, 6.45) is 2.40. The van der Waals surface area contributed by atoms with E-state index in [0.29, 0.717) is 4.83 Å². The number of rotatable bonds is 5. The lowest BCUT2D eigenvalue weighted by Gasteiger charge is -2.03. The van der Waals surface area contributed by atoms with E-state index >= 15 is 0 Å². The third-order valence-corrected chi connectivity index (χ3v) is 1.25. The molecule has 0 aliphatic carbocycles. The normalized spacial score (nSPS) is 13.7. The molecule has 0 fully saturated rings. The third kappa shape index (κ3) is 8.44. The van der Waals surface area contributed by atoms with Crippen LogP contribution in [0.25, 0.3) is 0 Å². The van der Waals surface area contributed by atoms with E-state index in [1.807, 2.05) is 0 Å². The summed E-state index contributed by atoms with van der Waals surface area (Å²) in [6.45, 7) is 6.00. The quantitative estimate of drug-likeness (QED) is 0.484. The molecule has 0 heterocycles. The molecule has 0 saturated heterocycles. The lowest BCUT2D eigenvalue weighted by atomic mass is 10.4. The molecule has 1 atom stereocenters. The lowest BCUT2D eigenvalue weighted by molar-refractivity contribution is 0.136. The Morgan fingerprint density at radius 3 is 2.67 bits per heavy atom. The van der Waals surface area contributed by atoms with E-state index in [-0.39, 0.29) is 0 Å². The molecular weight excluding hydrogens is 180 g/mol. The molecule has 0 unspecified atom stereocenters. The number of unbranched alkanes of at least 4 members (excludes halogenated alkanes) is 1. The second-order valence-electron chi connectivity index (χ2n) is 2.21. The highest BCUT2D eigenvalue weighted by Crippen LogP contribution is 1.98. The van der Waals surface area contributed by atoms with Gasteiger partial charge in [-0.3, -0.25) is 0 Å². The van der Waals surface area contributed by atoms with Gasteiger partial charge in [-0.1, -0.05) is 36.2 Å². The summed E-state index contributed by atoms with van der Waals surface area (Å²) >= 11 is 3.40. The van der Waals surface area contributed by atoms with Crippen molar-refractivity contribution < 1.29 is 4.74 Å². The van der Waals surface area contributed by atoms with Gasteiger partial charge in [0.1, 0.15) is 0 Å². The molecule has 0 radical (unpaired) electrons. The molecule has 0 aromatic carbocycles. The fourth-order valence-corrected chi connectivity index (χ4v) is 0.679. The van der Waals surface area contributed by atoms with Crippen LogP contribution in [-0.4, -0.2) is 18.0 Å². The molecule has 1 nitrogen and oxygen atoms in total. The number of halogens is 1. The SMILES string of the molecule is CCCCOC[C@@H](C)Br. The highest BCUT2D eigenvalue weighted by atomic mass is 79.9. The van der Waals surface area contributed by atoms with Crippen molar-refractivity contribution in [2.75, 3.05) is 13.2 Å². The van der Waals surface area contributed by atoms with Crippen LogP contribution in [0.5, 0.6) is 0 Å². The second-order valence-corrected chi connectivity index (χ2v) is 3.77. The Bertz CT molecular complexity index is 54.9. The minimum atomic E-state index is 0.495. The Labute approximate surface area is 65.9 Å². The van der Waals surface area contributed by atoms with Crippen molar-refractivity contribution in [1.29, 1.82) is 0 Å².